The summed E-state index contributed by atoms with van der Waals surface area (Å²) in [5, 5.41) is 5.17. The van der Waals surface area contributed by atoms with Crippen molar-refractivity contribution in [3.63, 3.8) is 0 Å². The summed E-state index contributed by atoms with van der Waals surface area (Å²) in [6.45, 7) is 1.55. The van der Waals surface area contributed by atoms with Crippen molar-refractivity contribution in [3.8, 4) is 0 Å². The van der Waals surface area contributed by atoms with Crippen LogP contribution in [0.5, 0.6) is 0 Å². The number of hydrogen-bond donors (Lipinski definition) is 1. The predicted octanol–water partition coefficient (Wildman–Crippen LogP) is -3.37. The molecule has 0 aliphatic carbocycles. The van der Waals surface area contributed by atoms with Gasteiger partial charge in [-0.2, -0.15) is 0 Å². The number of rotatable bonds is 4. The fourth-order valence-corrected chi connectivity index (χ4v) is 1.08. The summed E-state index contributed by atoms with van der Waals surface area (Å²) in [6, 6.07) is 0. The van der Waals surface area contributed by atoms with Crippen molar-refractivity contribution >= 4 is 13.5 Å². The Labute approximate surface area is 77.8 Å². The van der Waals surface area contributed by atoms with Crippen molar-refractivity contribution in [2.75, 3.05) is 20.6 Å². The molecule has 0 amide bonds. The number of halogens is 1. The van der Waals surface area contributed by atoms with E-state index in [4.69, 9.17) is 10.1 Å². The molecule has 7 heteroatoms. The van der Waals surface area contributed by atoms with Crippen LogP contribution in [0.25, 0.3) is 0 Å². The minimum absolute atomic E-state index is 0. The van der Waals surface area contributed by atoms with Crippen molar-refractivity contribution in [2.45, 2.75) is 6.92 Å². The Morgan fingerprint density at radius 3 is 2.08 bits per heavy atom. The maximum atomic E-state index is 11.2. The summed E-state index contributed by atoms with van der Waals surface area (Å²) in [7, 11) is -0.476. The van der Waals surface area contributed by atoms with E-state index in [1.54, 1.807) is 6.92 Å². The van der Waals surface area contributed by atoms with E-state index in [1.165, 1.54) is 14.2 Å². The van der Waals surface area contributed by atoms with Crippen molar-refractivity contribution in [2.24, 2.45) is 0 Å². The average molecular weight is 218 g/mol. The molecule has 0 radical (unpaired) electrons. The largest absolute Gasteiger partial charge is 1.00 e. The van der Waals surface area contributed by atoms with Crippen LogP contribution in [0.3, 0.4) is 0 Å². The highest BCUT2D eigenvalue weighted by Gasteiger charge is 2.22. The Morgan fingerprint density at radius 1 is 1.42 bits per heavy atom. The third kappa shape index (κ3) is 5.55. The highest BCUT2D eigenvalue weighted by atomic mass is 35.5. The molecule has 0 fully saturated rings. The van der Waals surface area contributed by atoms with Gasteiger partial charge >= 0.3 is 13.5 Å². The first-order valence-electron chi connectivity index (χ1n) is 2.96. The van der Waals surface area contributed by atoms with E-state index in [9.17, 15) is 4.57 Å². The first-order valence-corrected chi connectivity index (χ1v) is 4.69. The first kappa shape index (κ1) is 14.4. The predicted molar refractivity (Wildman–Crippen MR) is 40.2 cm³/mol. The molecule has 0 aromatic rings. The molecule has 0 heterocycles. The molecule has 0 aromatic heterocycles. The lowest BCUT2D eigenvalue weighted by molar-refractivity contribution is -0.139. The Balaban J connectivity index is 0. The standard InChI is InChI=1S/C5H12NO4P.ClH/c1-5(6)10-4-11(7,8-2)9-3;/h6H,4H2,1-3H3;1H. The van der Waals surface area contributed by atoms with Gasteiger partial charge in [-0.1, -0.05) is 0 Å². The molecule has 0 saturated carbocycles. The van der Waals surface area contributed by atoms with Gasteiger partial charge < -0.3 is 26.2 Å². The molecule has 0 saturated heterocycles. The SMILES string of the molecule is COP(=O)(COC(C)=[NH2+])OC.[Cl-]. The summed E-state index contributed by atoms with van der Waals surface area (Å²) >= 11 is 0. The lowest BCUT2D eigenvalue weighted by atomic mass is 10.8. The first-order chi connectivity index (χ1) is 5.04. The maximum absolute atomic E-state index is 11.2. The summed E-state index contributed by atoms with van der Waals surface area (Å²) in [6.07, 6.45) is -0.150. The van der Waals surface area contributed by atoms with Gasteiger partial charge in [0.2, 0.25) is 0 Å². The van der Waals surface area contributed by atoms with Gasteiger partial charge in [-0.15, -0.1) is 0 Å². The van der Waals surface area contributed by atoms with E-state index in [2.05, 4.69) is 9.05 Å². The monoisotopic (exact) mass is 217 g/mol. The van der Waals surface area contributed by atoms with Crippen LogP contribution >= 0.6 is 7.60 Å². The smallest absolute Gasteiger partial charge is 0.367 e. The van der Waals surface area contributed by atoms with Gasteiger partial charge in [0.25, 0.3) is 0 Å². The Kier molecular flexibility index (Phi) is 7.73. The second kappa shape index (κ2) is 6.43. The maximum Gasteiger partial charge on any atom is 0.367 e. The Bertz CT molecular complexity index is 178. The average Bonchev–Trinajstić information content (AvgIpc) is 2.00. The van der Waals surface area contributed by atoms with Crippen LogP contribution in [-0.2, 0) is 18.3 Å². The molecule has 0 atom stereocenters. The second-order valence-electron chi connectivity index (χ2n) is 1.86. The van der Waals surface area contributed by atoms with Crippen LogP contribution in [0.1, 0.15) is 6.92 Å². The highest BCUT2D eigenvalue weighted by Crippen LogP contribution is 2.45. The van der Waals surface area contributed by atoms with E-state index < -0.39 is 7.60 Å². The van der Waals surface area contributed by atoms with E-state index in [-0.39, 0.29) is 24.7 Å². The molecule has 12 heavy (non-hydrogen) atoms. The molecular formula is C5H13ClNO4P. The zero-order valence-corrected chi connectivity index (χ0v) is 8.89. The van der Waals surface area contributed by atoms with Gasteiger partial charge in [0.15, 0.2) is 6.35 Å². The zero-order valence-electron chi connectivity index (χ0n) is 7.24. The number of hydrogen-bond acceptors (Lipinski definition) is 4. The highest BCUT2D eigenvalue weighted by molar-refractivity contribution is 7.53. The molecule has 0 aliphatic rings. The third-order valence-corrected chi connectivity index (χ3v) is 2.56. The Hall–Kier alpha value is -0.0900. The molecule has 74 valence electrons. The topological polar surface area (TPSA) is 70.4 Å². The summed E-state index contributed by atoms with van der Waals surface area (Å²) in [5.74, 6) is 0.235. The summed E-state index contributed by atoms with van der Waals surface area (Å²) in [4.78, 5) is 0. The van der Waals surface area contributed by atoms with E-state index in [0.29, 0.717) is 0 Å². The molecule has 0 spiro atoms. The normalized spacial score (nSPS) is 10.2. The quantitative estimate of drug-likeness (QED) is 0.303. The minimum atomic E-state index is -3.06. The summed E-state index contributed by atoms with van der Waals surface area (Å²) < 4.78 is 25.1. The number of ether oxygens (including phenoxy) is 1. The van der Waals surface area contributed by atoms with Crippen LogP contribution in [0.4, 0.5) is 0 Å². The van der Waals surface area contributed by atoms with Crippen molar-refractivity contribution in [1.82, 2.24) is 0 Å². The lowest BCUT2D eigenvalue weighted by Gasteiger charge is -2.11. The van der Waals surface area contributed by atoms with E-state index in [0.717, 1.165) is 0 Å². The van der Waals surface area contributed by atoms with Crippen LogP contribution < -0.4 is 17.8 Å². The van der Waals surface area contributed by atoms with Crippen molar-refractivity contribution in [1.29, 1.82) is 0 Å². The van der Waals surface area contributed by atoms with Crippen LogP contribution in [-0.4, -0.2) is 26.5 Å². The molecule has 0 unspecified atom stereocenters. The van der Waals surface area contributed by atoms with Gasteiger partial charge in [0.1, 0.15) is 0 Å². The van der Waals surface area contributed by atoms with Crippen molar-refractivity contribution in [3.05, 3.63) is 0 Å². The van der Waals surface area contributed by atoms with Gasteiger partial charge in [0.05, 0.1) is 6.92 Å². The van der Waals surface area contributed by atoms with Crippen LogP contribution in [0, 0.1) is 0 Å². The molecule has 5 nitrogen and oxygen atoms in total. The third-order valence-electron chi connectivity index (χ3n) is 1.01. The molecule has 0 aliphatic heterocycles. The fraction of sp³-hybridized carbons (Fsp3) is 0.800. The minimum Gasteiger partial charge on any atom is -1.00 e. The molecule has 0 aromatic carbocycles. The molecule has 2 N–H and O–H groups in total. The van der Waals surface area contributed by atoms with Crippen LogP contribution in [0.15, 0.2) is 0 Å². The lowest BCUT2D eigenvalue weighted by Crippen LogP contribution is -3.00. The van der Waals surface area contributed by atoms with Gasteiger partial charge in [-0.25, -0.2) is 5.41 Å². The molecule has 0 rings (SSSR count). The van der Waals surface area contributed by atoms with Crippen LogP contribution in [0.2, 0.25) is 0 Å². The van der Waals surface area contributed by atoms with Gasteiger partial charge in [-0.3, -0.25) is 4.57 Å². The Morgan fingerprint density at radius 2 is 1.83 bits per heavy atom. The summed E-state index contributed by atoms with van der Waals surface area (Å²) in [5.41, 5.74) is 0. The van der Waals surface area contributed by atoms with E-state index in [1.807, 2.05) is 0 Å². The van der Waals surface area contributed by atoms with Gasteiger partial charge in [0, 0.05) is 14.2 Å². The molecular weight excluding hydrogens is 204 g/mol. The zero-order chi connectivity index (χ0) is 8.91. The number of nitrogens with two attached hydrogens (primary N) is 1. The van der Waals surface area contributed by atoms with Gasteiger partial charge in [-0.05, 0) is 0 Å². The molecule has 0 bridgehead atoms. The van der Waals surface area contributed by atoms with E-state index >= 15 is 0 Å². The van der Waals surface area contributed by atoms with Crippen molar-refractivity contribution < 1.29 is 36.2 Å². The second-order valence-corrected chi connectivity index (χ2v) is 4.07. The fourth-order valence-electron chi connectivity index (χ4n) is 0.361.